The number of amides is 1. The average Bonchev–Trinajstić information content (AvgIpc) is 2.78. The number of rotatable bonds is 8. The summed E-state index contributed by atoms with van der Waals surface area (Å²) in [6.45, 7) is 3.35. The molecule has 1 aliphatic heterocycles. The van der Waals surface area contributed by atoms with Crippen LogP contribution in [-0.2, 0) is 11.2 Å². The molecule has 4 nitrogen and oxygen atoms in total. The van der Waals surface area contributed by atoms with Crippen LogP contribution in [0.25, 0.3) is 0 Å². The van der Waals surface area contributed by atoms with Gasteiger partial charge < -0.3 is 5.73 Å². The first-order chi connectivity index (χ1) is 10.3. The van der Waals surface area contributed by atoms with Crippen LogP contribution in [0.4, 0.5) is 0 Å². The lowest BCUT2D eigenvalue weighted by Gasteiger charge is -2.14. The molecule has 1 heterocycles. The fourth-order valence-electron chi connectivity index (χ4n) is 2.77. The summed E-state index contributed by atoms with van der Waals surface area (Å²) in [6, 6.07) is 10.4. The van der Waals surface area contributed by atoms with Gasteiger partial charge in [0.15, 0.2) is 0 Å². The summed E-state index contributed by atoms with van der Waals surface area (Å²) in [5.41, 5.74) is 7.95. The minimum absolute atomic E-state index is 0.0772. The Bertz CT molecular complexity index is 484. The van der Waals surface area contributed by atoms with Crippen LogP contribution in [0.3, 0.4) is 0 Å². The third-order valence-electron chi connectivity index (χ3n) is 3.84. The maximum atomic E-state index is 12.4. The number of carbonyl (C=O) groups excluding carboxylic acids is 1. The van der Waals surface area contributed by atoms with Gasteiger partial charge in [0.1, 0.15) is 0 Å². The molecule has 21 heavy (non-hydrogen) atoms. The third kappa shape index (κ3) is 4.14. The molecule has 0 aliphatic carbocycles. The highest BCUT2D eigenvalue weighted by atomic mass is 16.2. The van der Waals surface area contributed by atoms with E-state index < -0.39 is 0 Å². The summed E-state index contributed by atoms with van der Waals surface area (Å²) >= 11 is 0. The van der Waals surface area contributed by atoms with Crippen LogP contribution < -0.4 is 5.73 Å². The zero-order valence-electron chi connectivity index (χ0n) is 12.8. The molecule has 1 atom stereocenters. The number of hydrogen-bond acceptors (Lipinski definition) is 3. The van der Waals surface area contributed by atoms with Crippen molar-refractivity contribution in [1.29, 1.82) is 0 Å². The van der Waals surface area contributed by atoms with Crippen molar-refractivity contribution in [3.05, 3.63) is 35.9 Å². The largest absolute Gasteiger partial charge is 0.330 e. The second-order valence-corrected chi connectivity index (χ2v) is 5.52. The van der Waals surface area contributed by atoms with Crippen molar-refractivity contribution < 1.29 is 4.79 Å². The highest BCUT2D eigenvalue weighted by Crippen LogP contribution is 2.22. The first-order valence-corrected chi connectivity index (χ1v) is 7.89. The van der Waals surface area contributed by atoms with E-state index in [1.807, 2.05) is 18.2 Å². The SMILES string of the molecule is CCCC1=NN(CCCc2ccccc2)C(=O)C1CCN. The first-order valence-electron chi connectivity index (χ1n) is 7.89. The van der Waals surface area contributed by atoms with Crippen LogP contribution in [-0.4, -0.2) is 29.7 Å². The molecule has 1 aromatic carbocycles. The number of nitrogens with two attached hydrogens (primary N) is 1. The van der Waals surface area contributed by atoms with Gasteiger partial charge in [0.05, 0.1) is 11.6 Å². The van der Waals surface area contributed by atoms with E-state index in [9.17, 15) is 4.79 Å². The number of carbonyl (C=O) groups is 1. The van der Waals surface area contributed by atoms with Crippen LogP contribution in [0.2, 0.25) is 0 Å². The van der Waals surface area contributed by atoms with Gasteiger partial charge >= 0.3 is 0 Å². The van der Waals surface area contributed by atoms with Crippen molar-refractivity contribution in [1.82, 2.24) is 5.01 Å². The van der Waals surface area contributed by atoms with Gasteiger partial charge in [-0.3, -0.25) is 4.79 Å². The summed E-state index contributed by atoms with van der Waals surface area (Å²) in [5, 5.41) is 6.20. The number of nitrogens with zero attached hydrogens (tertiary/aromatic N) is 2. The van der Waals surface area contributed by atoms with E-state index >= 15 is 0 Å². The van der Waals surface area contributed by atoms with E-state index in [1.165, 1.54) is 5.56 Å². The van der Waals surface area contributed by atoms with Gasteiger partial charge in [0.25, 0.3) is 5.91 Å². The Labute approximate surface area is 127 Å². The van der Waals surface area contributed by atoms with Crippen molar-refractivity contribution >= 4 is 11.6 Å². The average molecular weight is 287 g/mol. The van der Waals surface area contributed by atoms with E-state index in [4.69, 9.17) is 5.73 Å². The second-order valence-electron chi connectivity index (χ2n) is 5.52. The molecule has 0 bridgehead atoms. The normalized spacial score (nSPS) is 18.2. The van der Waals surface area contributed by atoms with E-state index in [-0.39, 0.29) is 11.8 Å². The molecule has 1 aromatic rings. The zero-order chi connectivity index (χ0) is 15.1. The third-order valence-corrected chi connectivity index (χ3v) is 3.84. The Hall–Kier alpha value is -1.68. The van der Waals surface area contributed by atoms with Crippen molar-refractivity contribution in [3.63, 3.8) is 0 Å². The smallest absolute Gasteiger partial charge is 0.251 e. The van der Waals surface area contributed by atoms with Crippen molar-refractivity contribution in [2.45, 2.75) is 39.0 Å². The Kier molecular flexibility index (Phi) is 5.93. The Morgan fingerprint density at radius 1 is 1.24 bits per heavy atom. The minimum Gasteiger partial charge on any atom is -0.330 e. The Morgan fingerprint density at radius 2 is 2.00 bits per heavy atom. The maximum Gasteiger partial charge on any atom is 0.251 e. The lowest BCUT2D eigenvalue weighted by Crippen LogP contribution is -2.30. The highest BCUT2D eigenvalue weighted by molar-refractivity contribution is 6.07. The zero-order valence-corrected chi connectivity index (χ0v) is 12.8. The molecular weight excluding hydrogens is 262 g/mol. The Morgan fingerprint density at radius 3 is 2.67 bits per heavy atom. The molecular formula is C17H25N3O. The monoisotopic (exact) mass is 287 g/mol. The predicted molar refractivity (Wildman–Crippen MR) is 86.0 cm³/mol. The topological polar surface area (TPSA) is 58.7 Å². The first kappa shape index (κ1) is 15.7. The van der Waals surface area contributed by atoms with Gasteiger partial charge in [0, 0.05) is 6.54 Å². The fourth-order valence-corrected chi connectivity index (χ4v) is 2.77. The highest BCUT2D eigenvalue weighted by Gasteiger charge is 2.33. The molecule has 0 saturated heterocycles. The molecule has 1 unspecified atom stereocenters. The molecule has 1 amide bonds. The Balaban J connectivity index is 1.89. The number of aryl methyl sites for hydroxylation is 1. The molecule has 4 heteroatoms. The van der Waals surface area contributed by atoms with Gasteiger partial charge in [-0.1, -0.05) is 43.7 Å². The molecule has 0 radical (unpaired) electrons. The summed E-state index contributed by atoms with van der Waals surface area (Å²) in [5.74, 6) is 0.0589. The molecule has 2 rings (SSSR count). The summed E-state index contributed by atoms with van der Waals surface area (Å²) in [4.78, 5) is 12.4. The maximum absolute atomic E-state index is 12.4. The van der Waals surface area contributed by atoms with Crippen molar-refractivity contribution in [2.24, 2.45) is 16.8 Å². The van der Waals surface area contributed by atoms with Gasteiger partial charge in [-0.15, -0.1) is 0 Å². The lowest BCUT2D eigenvalue weighted by molar-refractivity contribution is -0.131. The standard InChI is InChI=1S/C17H25N3O/c1-2-7-16-15(11-12-18)17(21)20(19-16)13-6-10-14-8-4-3-5-9-14/h3-5,8-9,15H,2,6-7,10-13,18H2,1H3. The summed E-state index contributed by atoms with van der Waals surface area (Å²) in [7, 11) is 0. The van der Waals surface area contributed by atoms with Crippen LogP contribution in [0.1, 0.15) is 38.2 Å². The molecule has 0 aromatic heterocycles. The molecule has 0 saturated carbocycles. The quantitative estimate of drug-likeness (QED) is 0.799. The van der Waals surface area contributed by atoms with E-state index in [2.05, 4.69) is 24.2 Å². The van der Waals surface area contributed by atoms with E-state index in [0.29, 0.717) is 19.5 Å². The predicted octanol–water partition coefficient (Wildman–Crippen LogP) is 2.58. The van der Waals surface area contributed by atoms with Gasteiger partial charge in [-0.05, 0) is 37.8 Å². The molecule has 114 valence electrons. The van der Waals surface area contributed by atoms with Gasteiger partial charge in [-0.25, -0.2) is 5.01 Å². The van der Waals surface area contributed by atoms with Crippen LogP contribution in [0.15, 0.2) is 35.4 Å². The summed E-state index contributed by atoms with van der Waals surface area (Å²) < 4.78 is 0. The van der Waals surface area contributed by atoms with Gasteiger partial charge in [-0.2, -0.15) is 5.10 Å². The van der Waals surface area contributed by atoms with E-state index in [0.717, 1.165) is 31.4 Å². The van der Waals surface area contributed by atoms with Crippen LogP contribution >= 0.6 is 0 Å². The summed E-state index contributed by atoms with van der Waals surface area (Å²) in [6.07, 6.45) is 4.54. The molecule has 2 N–H and O–H groups in total. The molecule has 0 spiro atoms. The minimum atomic E-state index is -0.0772. The van der Waals surface area contributed by atoms with Crippen molar-refractivity contribution in [2.75, 3.05) is 13.1 Å². The van der Waals surface area contributed by atoms with Gasteiger partial charge in [0.2, 0.25) is 0 Å². The lowest BCUT2D eigenvalue weighted by atomic mass is 9.96. The van der Waals surface area contributed by atoms with E-state index in [1.54, 1.807) is 5.01 Å². The fraction of sp³-hybridized carbons (Fsp3) is 0.529. The molecule has 1 aliphatic rings. The second kappa shape index (κ2) is 7.93. The van der Waals surface area contributed by atoms with Crippen molar-refractivity contribution in [3.8, 4) is 0 Å². The molecule has 0 fully saturated rings. The van der Waals surface area contributed by atoms with Crippen LogP contribution in [0, 0.1) is 5.92 Å². The van der Waals surface area contributed by atoms with Crippen LogP contribution in [0.5, 0.6) is 0 Å². The number of hydrogen-bond donors (Lipinski definition) is 1. The number of hydrazone groups is 1. The number of benzene rings is 1.